The summed E-state index contributed by atoms with van der Waals surface area (Å²) in [4.78, 5) is 2.25. The van der Waals surface area contributed by atoms with E-state index in [-0.39, 0.29) is 12.1 Å². The third-order valence-corrected chi connectivity index (χ3v) is 4.89. The fourth-order valence-electron chi connectivity index (χ4n) is 3.24. The van der Waals surface area contributed by atoms with Crippen molar-refractivity contribution in [1.82, 2.24) is 4.90 Å². The van der Waals surface area contributed by atoms with Gasteiger partial charge >= 0.3 is 0 Å². The molecule has 3 atom stereocenters. The maximum Gasteiger partial charge on any atom is 0.164 e. The van der Waals surface area contributed by atoms with E-state index in [1.54, 1.807) is 0 Å². The van der Waals surface area contributed by atoms with Gasteiger partial charge in [0.1, 0.15) is 12.2 Å². The van der Waals surface area contributed by atoms with Gasteiger partial charge in [-0.3, -0.25) is 4.90 Å². The summed E-state index contributed by atoms with van der Waals surface area (Å²) in [6.45, 7) is 7.67. The van der Waals surface area contributed by atoms with Crippen molar-refractivity contribution in [2.45, 2.75) is 57.9 Å². The average Bonchev–Trinajstić information content (AvgIpc) is 3.05. The molecule has 0 unspecified atom stereocenters. The summed E-state index contributed by atoms with van der Waals surface area (Å²) in [6, 6.07) is 20.5. The monoisotopic (exact) mass is 379 g/mol. The summed E-state index contributed by atoms with van der Waals surface area (Å²) in [6.07, 6.45) is -1.08. The quantitative estimate of drug-likeness (QED) is 0.779. The average molecular weight is 380 g/mol. The van der Waals surface area contributed by atoms with Crippen molar-refractivity contribution in [3.05, 3.63) is 71.8 Å². The van der Waals surface area contributed by atoms with Crippen LogP contribution in [0.3, 0.4) is 0 Å². The Morgan fingerprint density at radius 1 is 1.04 bits per heavy atom. The van der Waals surface area contributed by atoms with E-state index in [4.69, 9.17) is 9.47 Å². The minimum Gasteiger partial charge on any atom is -0.379 e. The molecule has 1 fully saturated rings. The van der Waals surface area contributed by atoms with Gasteiger partial charge in [0.05, 0.1) is 6.61 Å². The van der Waals surface area contributed by atoms with E-state index in [1.807, 2.05) is 57.2 Å². The standard InChI is InChI=1S/C24H29NO3/c1-19(23(26)15-14-22-18-27-24(2,3)28-22)25(16-20-10-6-4-7-11-20)17-21-12-8-5-9-13-21/h4-13,19,22-23,26H,16-18H2,1-3H3/t19-,22+,23+/m1/s1. The molecule has 28 heavy (non-hydrogen) atoms. The summed E-state index contributed by atoms with van der Waals surface area (Å²) >= 11 is 0. The summed E-state index contributed by atoms with van der Waals surface area (Å²) in [5.74, 6) is 5.39. The van der Waals surface area contributed by atoms with Crippen LogP contribution in [0.5, 0.6) is 0 Å². The first-order valence-corrected chi connectivity index (χ1v) is 9.76. The van der Waals surface area contributed by atoms with Gasteiger partial charge in [-0.1, -0.05) is 72.5 Å². The molecule has 1 aliphatic heterocycles. The van der Waals surface area contributed by atoms with Crippen molar-refractivity contribution >= 4 is 0 Å². The smallest absolute Gasteiger partial charge is 0.164 e. The van der Waals surface area contributed by atoms with E-state index >= 15 is 0 Å². The zero-order valence-corrected chi connectivity index (χ0v) is 16.8. The van der Waals surface area contributed by atoms with Crippen LogP contribution >= 0.6 is 0 Å². The van der Waals surface area contributed by atoms with Crippen molar-refractivity contribution in [3.63, 3.8) is 0 Å². The second-order valence-corrected chi connectivity index (χ2v) is 7.67. The maximum atomic E-state index is 10.7. The van der Waals surface area contributed by atoms with Crippen LogP contribution in [0.15, 0.2) is 60.7 Å². The van der Waals surface area contributed by atoms with E-state index in [1.165, 1.54) is 11.1 Å². The molecule has 2 aromatic rings. The molecule has 3 rings (SSSR count). The van der Waals surface area contributed by atoms with Crippen LogP contribution in [0, 0.1) is 11.8 Å². The van der Waals surface area contributed by atoms with Crippen molar-refractivity contribution in [2.75, 3.05) is 6.61 Å². The number of benzene rings is 2. The predicted molar refractivity (Wildman–Crippen MR) is 110 cm³/mol. The number of aliphatic hydroxyl groups is 1. The van der Waals surface area contributed by atoms with Gasteiger partial charge < -0.3 is 14.6 Å². The lowest BCUT2D eigenvalue weighted by Gasteiger charge is -2.30. The highest BCUT2D eigenvalue weighted by Crippen LogP contribution is 2.22. The number of ether oxygens (including phenoxy) is 2. The molecule has 4 nitrogen and oxygen atoms in total. The summed E-state index contributed by atoms with van der Waals surface area (Å²) in [5, 5.41) is 10.7. The molecule has 1 N–H and O–H groups in total. The number of nitrogens with zero attached hydrogens (tertiary/aromatic N) is 1. The molecule has 0 aliphatic carbocycles. The second kappa shape index (κ2) is 9.36. The van der Waals surface area contributed by atoms with Gasteiger partial charge in [0, 0.05) is 19.1 Å². The van der Waals surface area contributed by atoms with Crippen LogP contribution in [-0.2, 0) is 22.6 Å². The Bertz CT molecular complexity index is 753. The van der Waals surface area contributed by atoms with Gasteiger partial charge in [-0.2, -0.15) is 0 Å². The molecule has 1 aliphatic rings. The first kappa shape index (κ1) is 20.6. The van der Waals surface area contributed by atoms with Crippen molar-refractivity contribution in [2.24, 2.45) is 0 Å². The number of hydrogen-bond donors (Lipinski definition) is 1. The minimum absolute atomic E-state index is 0.136. The van der Waals surface area contributed by atoms with Crippen molar-refractivity contribution in [3.8, 4) is 11.8 Å². The fraction of sp³-hybridized carbons (Fsp3) is 0.417. The Morgan fingerprint density at radius 3 is 2.04 bits per heavy atom. The molecular weight excluding hydrogens is 350 g/mol. The minimum atomic E-state index is -0.778. The lowest BCUT2D eigenvalue weighted by atomic mass is 10.1. The molecule has 1 heterocycles. The zero-order valence-electron chi connectivity index (χ0n) is 16.8. The molecule has 0 amide bonds. The zero-order chi connectivity index (χ0) is 20.0. The molecule has 148 valence electrons. The summed E-state index contributed by atoms with van der Waals surface area (Å²) in [5.41, 5.74) is 2.42. The number of rotatable bonds is 6. The van der Waals surface area contributed by atoms with Gasteiger partial charge in [0.15, 0.2) is 5.79 Å². The summed E-state index contributed by atoms with van der Waals surface area (Å²) < 4.78 is 11.2. The Morgan fingerprint density at radius 2 is 1.57 bits per heavy atom. The first-order valence-electron chi connectivity index (χ1n) is 9.76. The van der Waals surface area contributed by atoms with Crippen LogP contribution in [0.4, 0.5) is 0 Å². The lowest BCUT2D eigenvalue weighted by Crippen LogP contribution is -2.40. The van der Waals surface area contributed by atoms with Crippen LogP contribution in [-0.4, -0.2) is 40.7 Å². The second-order valence-electron chi connectivity index (χ2n) is 7.67. The molecule has 2 aromatic carbocycles. The van der Waals surface area contributed by atoms with Crippen LogP contribution in [0.25, 0.3) is 0 Å². The first-order chi connectivity index (χ1) is 13.4. The fourth-order valence-corrected chi connectivity index (χ4v) is 3.24. The van der Waals surface area contributed by atoms with E-state index in [2.05, 4.69) is 41.0 Å². The Hall–Kier alpha value is -2.16. The highest BCUT2D eigenvalue weighted by Gasteiger charge is 2.31. The Labute approximate surface area is 168 Å². The van der Waals surface area contributed by atoms with Crippen LogP contribution < -0.4 is 0 Å². The third kappa shape index (κ3) is 5.92. The highest BCUT2D eigenvalue weighted by molar-refractivity contribution is 5.19. The molecule has 0 saturated carbocycles. The maximum absolute atomic E-state index is 10.7. The van der Waals surface area contributed by atoms with E-state index in [0.717, 1.165) is 13.1 Å². The van der Waals surface area contributed by atoms with Gasteiger partial charge in [-0.15, -0.1) is 0 Å². The largest absolute Gasteiger partial charge is 0.379 e. The normalized spacial score (nSPS) is 20.4. The third-order valence-electron chi connectivity index (χ3n) is 4.89. The molecular formula is C24H29NO3. The van der Waals surface area contributed by atoms with Gasteiger partial charge in [0.25, 0.3) is 0 Å². The van der Waals surface area contributed by atoms with Gasteiger partial charge in [0.2, 0.25) is 0 Å². The van der Waals surface area contributed by atoms with E-state index < -0.39 is 11.9 Å². The molecule has 4 heteroatoms. The van der Waals surface area contributed by atoms with Gasteiger partial charge in [-0.25, -0.2) is 0 Å². The van der Waals surface area contributed by atoms with Gasteiger partial charge in [-0.05, 0) is 31.9 Å². The molecule has 0 bridgehead atoms. The molecule has 0 spiro atoms. The Kier molecular flexibility index (Phi) is 6.88. The molecule has 0 aromatic heterocycles. The van der Waals surface area contributed by atoms with Crippen molar-refractivity contribution < 1.29 is 14.6 Å². The SMILES string of the molecule is C[C@H]([C@@H](O)C#C[C@H]1COC(C)(C)O1)N(Cc1ccccc1)Cc1ccccc1. The number of aliphatic hydroxyl groups excluding tert-OH is 1. The molecule has 0 radical (unpaired) electrons. The van der Waals surface area contributed by atoms with E-state index in [0.29, 0.717) is 6.61 Å². The molecule has 1 saturated heterocycles. The van der Waals surface area contributed by atoms with Crippen LogP contribution in [0.2, 0.25) is 0 Å². The Balaban J connectivity index is 1.71. The lowest BCUT2D eigenvalue weighted by molar-refractivity contribution is -0.132. The van der Waals surface area contributed by atoms with Crippen LogP contribution in [0.1, 0.15) is 31.9 Å². The summed E-state index contributed by atoms with van der Waals surface area (Å²) in [7, 11) is 0. The predicted octanol–water partition coefficient (Wildman–Crippen LogP) is 3.59. The highest BCUT2D eigenvalue weighted by atomic mass is 16.7. The number of hydrogen-bond acceptors (Lipinski definition) is 4. The van der Waals surface area contributed by atoms with E-state index in [9.17, 15) is 5.11 Å². The van der Waals surface area contributed by atoms with Crippen molar-refractivity contribution in [1.29, 1.82) is 0 Å². The topological polar surface area (TPSA) is 41.9 Å².